The van der Waals surface area contributed by atoms with Crippen LogP contribution in [0.1, 0.15) is 110 Å². The van der Waals surface area contributed by atoms with E-state index in [1.807, 2.05) is 0 Å². The van der Waals surface area contributed by atoms with E-state index in [9.17, 15) is 0 Å². The fraction of sp³-hybridized carbons (Fsp3) is 1.00. The lowest BCUT2D eigenvalue weighted by Crippen LogP contribution is -1.83. The van der Waals surface area contributed by atoms with Crippen LogP contribution in [0.2, 0.25) is 0 Å². The molecule has 0 radical (unpaired) electrons. The molecule has 0 aromatic heterocycles. The SMILES string of the molecule is CCCCCCCCCCCCCCCCCCCl.N. The minimum atomic E-state index is 0. The van der Waals surface area contributed by atoms with Gasteiger partial charge in [0, 0.05) is 5.88 Å². The lowest BCUT2D eigenvalue weighted by Gasteiger charge is -2.03. The van der Waals surface area contributed by atoms with Crippen LogP contribution >= 0.6 is 11.6 Å². The van der Waals surface area contributed by atoms with Gasteiger partial charge in [-0.25, -0.2) is 0 Å². The fourth-order valence-corrected chi connectivity index (χ4v) is 2.83. The molecule has 0 saturated carbocycles. The Morgan fingerprint density at radius 1 is 0.450 bits per heavy atom. The van der Waals surface area contributed by atoms with Gasteiger partial charge in [0.25, 0.3) is 0 Å². The third kappa shape index (κ3) is 20.6. The third-order valence-electron chi connectivity index (χ3n) is 3.99. The summed E-state index contributed by atoms with van der Waals surface area (Å²) in [5.41, 5.74) is 0. The molecule has 0 bridgehead atoms. The van der Waals surface area contributed by atoms with Crippen LogP contribution < -0.4 is 6.15 Å². The molecule has 0 fully saturated rings. The zero-order valence-electron chi connectivity index (χ0n) is 14.1. The van der Waals surface area contributed by atoms with Crippen molar-refractivity contribution in [1.82, 2.24) is 6.15 Å². The van der Waals surface area contributed by atoms with Gasteiger partial charge in [-0.2, -0.15) is 0 Å². The molecule has 20 heavy (non-hydrogen) atoms. The molecule has 0 heterocycles. The largest absolute Gasteiger partial charge is 0.344 e. The Morgan fingerprint density at radius 3 is 0.950 bits per heavy atom. The van der Waals surface area contributed by atoms with Crippen LogP contribution in [0.15, 0.2) is 0 Å². The van der Waals surface area contributed by atoms with Crippen molar-refractivity contribution >= 4 is 11.6 Å². The first-order chi connectivity index (χ1) is 9.41. The standard InChI is InChI=1S/C18H37Cl.H3N/c1-2-3-4-5-6-7-8-9-10-11-12-13-14-15-16-17-18-19;/h2-18H2,1H3;1H3. The van der Waals surface area contributed by atoms with E-state index in [4.69, 9.17) is 11.6 Å². The second-order valence-corrected chi connectivity index (χ2v) is 6.37. The molecular weight excluding hydrogens is 266 g/mol. The molecule has 0 atom stereocenters. The van der Waals surface area contributed by atoms with Crippen LogP contribution in [0.25, 0.3) is 0 Å². The van der Waals surface area contributed by atoms with Crippen LogP contribution in [0, 0.1) is 0 Å². The molecule has 0 saturated heterocycles. The van der Waals surface area contributed by atoms with Gasteiger partial charge in [-0.3, -0.25) is 0 Å². The highest BCUT2D eigenvalue weighted by Crippen LogP contribution is 2.13. The van der Waals surface area contributed by atoms with Gasteiger partial charge in [-0.05, 0) is 6.42 Å². The summed E-state index contributed by atoms with van der Waals surface area (Å²) in [5.74, 6) is 0.846. The average molecular weight is 306 g/mol. The highest BCUT2D eigenvalue weighted by Gasteiger charge is 1.94. The third-order valence-corrected chi connectivity index (χ3v) is 4.25. The molecule has 0 aromatic carbocycles. The first kappa shape index (κ1) is 22.5. The van der Waals surface area contributed by atoms with Gasteiger partial charge in [0.2, 0.25) is 0 Å². The average Bonchev–Trinajstić information content (AvgIpc) is 2.43. The van der Waals surface area contributed by atoms with Gasteiger partial charge in [-0.15, -0.1) is 11.6 Å². The van der Waals surface area contributed by atoms with Gasteiger partial charge in [0.1, 0.15) is 0 Å². The summed E-state index contributed by atoms with van der Waals surface area (Å²) in [6.07, 6.45) is 22.8. The molecule has 0 amide bonds. The first-order valence-corrected chi connectivity index (χ1v) is 9.51. The van der Waals surface area contributed by atoms with E-state index in [0.29, 0.717) is 0 Å². The maximum absolute atomic E-state index is 5.66. The van der Waals surface area contributed by atoms with Crippen molar-refractivity contribution in [3.63, 3.8) is 0 Å². The summed E-state index contributed by atoms with van der Waals surface area (Å²) in [6.45, 7) is 2.29. The maximum atomic E-state index is 5.66. The van der Waals surface area contributed by atoms with E-state index in [0.717, 1.165) is 5.88 Å². The van der Waals surface area contributed by atoms with E-state index in [1.165, 1.54) is 103 Å². The number of unbranched alkanes of at least 4 members (excludes halogenated alkanes) is 15. The maximum Gasteiger partial charge on any atom is 0.0223 e. The monoisotopic (exact) mass is 305 g/mol. The summed E-state index contributed by atoms with van der Waals surface area (Å²) in [4.78, 5) is 0. The lowest BCUT2D eigenvalue weighted by molar-refractivity contribution is 0.531. The molecule has 0 aliphatic carbocycles. The molecule has 1 nitrogen and oxygen atoms in total. The smallest absolute Gasteiger partial charge is 0.0223 e. The van der Waals surface area contributed by atoms with Crippen molar-refractivity contribution in [2.24, 2.45) is 0 Å². The zero-order chi connectivity index (χ0) is 14.0. The predicted molar refractivity (Wildman–Crippen MR) is 95.3 cm³/mol. The Hall–Kier alpha value is 0.250. The number of halogens is 1. The van der Waals surface area contributed by atoms with Crippen LogP contribution in [-0.2, 0) is 0 Å². The van der Waals surface area contributed by atoms with Crippen LogP contribution in [0.3, 0.4) is 0 Å². The highest BCUT2D eigenvalue weighted by molar-refractivity contribution is 6.17. The van der Waals surface area contributed by atoms with Crippen LogP contribution in [-0.4, -0.2) is 5.88 Å². The van der Waals surface area contributed by atoms with Crippen molar-refractivity contribution in [3.8, 4) is 0 Å². The van der Waals surface area contributed by atoms with Gasteiger partial charge in [0.05, 0.1) is 0 Å². The number of alkyl halides is 1. The molecule has 2 heteroatoms. The topological polar surface area (TPSA) is 35.0 Å². The molecule has 0 aliphatic heterocycles. The first-order valence-electron chi connectivity index (χ1n) is 8.97. The minimum Gasteiger partial charge on any atom is -0.344 e. The Balaban J connectivity index is 0. The Bertz CT molecular complexity index is 134. The summed E-state index contributed by atoms with van der Waals surface area (Å²) in [5, 5.41) is 0. The normalized spacial score (nSPS) is 10.5. The molecule has 0 unspecified atom stereocenters. The molecule has 0 aromatic rings. The summed E-state index contributed by atoms with van der Waals surface area (Å²) < 4.78 is 0. The van der Waals surface area contributed by atoms with Crippen LogP contribution in [0.5, 0.6) is 0 Å². The summed E-state index contributed by atoms with van der Waals surface area (Å²) >= 11 is 5.66. The highest BCUT2D eigenvalue weighted by atomic mass is 35.5. The predicted octanol–water partition coefficient (Wildman–Crippen LogP) is 7.65. The van der Waals surface area contributed by atoms with Crippen molar-refractivity contribution < 1.29 is 0 Å². The minimum absolute atomic E-state index is 0. The van der Waals surface area contributed by atoms with Crippen LogP contribution in [0.4, 0.5) is 0 Å². The van der Waals surface area contributed by atoms with Gasteiger partial charge < -0.3 is 6.15 Å². The Labute approximate surface area is 133 Å². The van der Waals surface area contributed by atoms with E-state index >= 15 is 0 Å². The molecule has 0 rings (SSSR count). The lowest BCUT2D eigenvalue weighted by atomic mass is 10.0. The summed E-state index contributed by atoms with van der Waals surface area (Å²) in [7, 11) is 0. The molecule has 124 valence electrons. The zero-order valence-corrected chi connectivity index (χ0v) is 14.9. The quantitative estimate of drug-likeness (QED) is 0.230. The number of hydrogen-bond donors (Lipinski definition) is 1. The second kappa shape index (κ2) is 21.5. The summed E-state index contributed by atoms with van der Waals surface area (Å²) in [6, 6.07) is 0. The van der Waals surface area contributed by atoms with Gasteiger partial charge >= 0.3 is 0 Å². The van der Waals surface area contributed by atoms with Gasteiger partial charge in [-0.1, -0.05) is 103 Å². The van der Waals surface area contributed by atoms with E-state index < -0.39 is 0 Å². The fourth-order valence-electron chi connectivity index (χ4n) is 2.64. The van der Waals surface area contributed by atoms with Crippen molar-refractivity contribution in [2.75, 3.05) is 5.88 Å². The van der Waals surface area contributed by atoms with E-state index in [2.05, 4.69) is 6.92 Å². The Kier molecular flexibility index (Phi) is 24.3. The van der Waals surface area contributed by atoms with E-state index in [1.54, 1.807) is 0 Å². The van der Waals surface area contributed by atoms with Crippen molar-refractivity contribution in [2.45, 2.75) is 110 Å². The molecule has 0 spiro atoms. The van der Waals surface area contributed by atoms with Gasteiger partial charge in [0.15, 0.2) is 0 Å². The second-order valence-electron chi connectivity index (χ2n) is 5.99. The van der Waals surface area contributed by atoms with E-state index in [-0.39, 0.29) is 6.15 Å². The van der Waals surface area contributed by atoms with Crippen molar-refractivity contribution in [3.05, 3.63) is 0 Å². The molecular formula is C18H40ClN. The molecule has 3 N–H and O–H groups in total. The Morgan fingerprint density at radius 2 is 0.700 bits per heavy atom. The number of rotatable bonds is 16. The molecule has 0 aliphatic rings. The van der Waals surface area contributed by atoms with Crippen molar-refractivity contribution in [1.29, 1.82) is 0 Å². The number of hydrogen-bond acceptors (Lipinski definition) is 1.